The lowest BCUT2D eigenvalue weighted by Gasteiger charge is -2.26. The fourth-order valence-corrected chi connectivity index (χ4v) is 4.91. The van der Waals surface area contributed by atoms with Gasteiger partial charge in [0.2, 0.25) is 11.8 Å². The Balaban J connectivity index is 1.54. The van der Waals surface area contributed by atoms with Crippen LogP contribution in [-0.4, -0.2) is 41.0 Å². The Bertz CT molecular complexity index is 1290. The van der Waals surface area contributed by atoms with Crippen LogP contribution >= 0.6 is 0 Å². The topological polar surface area (TPSA) is 84.7 Å². The molecule has 7 heteroatoms. The number of aromatic nitrogens is 1. The Labute approximate surface area is 232 Å². The molecule has 1 heterocycles. The Kier molecular flexibility index (Phi) is 8.90. The number of nitrogens with one attached hydrogen (secondary N) is 1. The molecule has 0 atom stereocenters. The molecule has 1 aliphatic carbocycles. The number of amides is 1. The van der Waals surface area contributed by atoms with Crippen molar-refractivity contribution in [2.45, 2.75) is 79.9 Å². The van der Waals surface area contributed by atoms with E-state index in [-0.39, 0.29) is 18.4 Å². The minimum atomic E-state index is -0.610. The van der Waals surface area contributed by atoms with Crippen LogP contribution in [0.15, 0.2) is 46.9 Å². The van der Waals surface area contributed by atoms with Crippen molar-refractivity contribution in [2.24, 2.45) is 5.41 Å². The first-order chi connectivity index (χ1) is 18.6. The van der Waals surface area contributed by atoms with Crippen LogP contribution in [0.25, 0.3) is 11.5 Å². The summed E-state index contributed by atoms with van der Waals surface area (Å²) < 4.78 is 11.3. The lowest BCUT2D eigenvalue weighted by atomic mass is 9.82. The number of hydrogen-bond donors (Lipinski definition) is 1. The molecule has 2 aromatic carbocycles. The van der Waals surface area contributed by atoms with E-state index in [1.165, 1.54) is 0 Å². The van der Waals surface area contributed by atoms with Gasteiger partial charge in [-0.05, 0) is 95.2 Å². The summed E-state index contributed by atoms with van der Waals surface area (Å²) in [6.45, 7) is 13.5. The van der Waals surface area contributed by atoms with E-state index < -0.39 is 5.41 Å². The van der Waals surface area contributed by atoms with Gasteiger partial charge in [-0.2, -0.15) is 0 Å². The molecule has 0 unspecified atom stereocenters. The summed E-state index contributed by atoms with van der Waals surface area (Å²) in [6, 6.07) is 14.5. The second-order valence-electron chi connectivity index (χ2n) is 11.4. The van der Waals surface area contributed by atoms with Crippen LogP contribution in [0.5, 0.6) is 0 Å². The molecule has 3 aromatic rings. The number of carbonyl (C=O) groups is 2. The van der Waals surface area contributed by atoms with Crippen molar-refractivity contribution in [3.05, 3.63) is 76.2 Å². The monoisotopic (exact) mass is 531 g/mol. The van der Waals surface area contributed by atoms with Gasteiger partial charge in [0.25, 0.3) is 0 Å². The number of carbonyl (C=O) groups excluding carboxylic acids is 2. The molecule has 0 saturated heterocycles. The molecule has 208 valence electrons. The van der Waals surface area contributed by atoms with Gasteiger partial charge in [0.05, 0.1) is 24.3 Å². The molecule has 1 fully saturated rings. The van der Waals surface area contributed by atoms with E-state index in [1.54, 1.807) is 0 Å². The van der Waals surface area contributed by atoms with Crippen LogP contribution < -0.4 is 5.32 Å². The number of oxazole rings is 1. The predicted molar refractivity (Wildman–Crippen MR) is 152 cm³/mol. The second kappa shape index (κ2) is 12.2. The van der Waals surface area contributed by atoms with Crippen molar-refractivity contribution in [3.8, 4) is 11.5 Å². The first-order valence-electron chi connectivity index (χ1n) is 13.9. The molecule has 1 aliphatic rings. The van der Waals surface area contributed by atoms with Crippen LogP contribution in [0.3, 0.4) is 0 Å². The van der Waals surface area contributed by atoms with Gasteiger partial charge < -0.3 is 14.5 Å². The number of benzene rings is 2. The number of nitrogens with zero attached hydrogens (tertiary/aromatic N) is 2. The van der Waals surface area contributed by atoms with Crippen LogP contribution in [0, 0.1) is 26.2 Å². The zero-order valence-electron chi connectivity index (χ0n) is 24.1. The molecule has 1 aromatic heterocycles. The number of esters is 1. The van der Waals surface area contributed by atoms with Gasteiger partial charge in [-0.3, -0.25) is 14.5 Å². The second-order valence-corrected chi connectivity index (χ2v) is 11.4. The van der Waals surface area contributed by atoms with Gasteiger partial charge in [-0.25, -0.2) is 4.98 Å². The maximum absolute atomic E-state index is 12.8. The number of hydrogen-bond acceptors (Lipinski definition) is 6. The van der Waals surface area contributed by atoms with Crippen LogP contribution in [0.2, 0.25) is 0 Å². The Morgan fingerprint density at radius 1 is 1.08 bits per heavy atom. The summed E-state index contributed by atoms with van der Waals surface area (Å²) in [4.78, 5) is 32.2. The van der Waals surface area contributed by atoms with Gasteiger partial charge >= 0.3 is 5.97 Å². The van der Waals surface area contributed by atoms with Crippen LogP contribution in [0.4, 0.5) is 0 Å². The van der Waals surface area contributed by atoms with E-state index in [4.69, 9.17) is 14.1 Å². The molecule has 0 bridgehead atoms. The van der Waals surface area contributed by atoms with Gasteiger partial charge in [0, 0.05) is 24.7 Å². The summed E-state index contributed by atoms with van der Waals surface area (Å²) in [6.07, 6.45) is 2.71. The van der Waals surface area contributed by atoms with E-state index in [0.717, 1.165) is 52.1 Å². The van der Waals surface area contributed by atoms with E-state index in [0.29, 0.717) is 38.0 Å². The number of ether oxygens (including phenoxy) is 1. The number of rotatable bonds is 12. The number of aryl methyl sites for hydroxylation is 3. The molecular formula is C32H41N3O4. The molecule has 7 nitrogen and oxygen atoms in total. The summed E-state index contributed by atoms with van der Waals surface area (Å²) in [5.41, 5.74) is 5.69. The van der Waals surface area contributed by atoms with Crippen molar-refractivity contribution in [1.82, 2.24) is 15.2 Å². The van der Waals surface area contributed by atoms with E-state index in [9.17, 15) is 9.59 Å². The maximum Gasteiger partial charge on any atom is 0.311 e. The summed E-state index contributed by atoms with van der Waals surface area (Å²) in [5.74, 6) is 1.19. The van der Waals surface area contributed by atoms with Crippen LogP contribution in [-0.2, 0) is 33.8 Å². The highest BCUT2D eigenvalue weighted by Crippen LogP contribution is 2.29. The highest BCUT2D eigenvalue weighted by molar-refractivity contribution is 5.78. The molecule has 1 saturated carbocycles. The zero-order chi connectivity index (χ0) is 28.2. The molecule has 39 heavy (non-hydrogen) atoms. The summed E-state index contributed by atoms with van der Waals surface area (Å²) in [7, 11) is 0. The Hall–Kier alpha value is -3.45. The Morgan fingerprint density at radius 3 is 2.36 bits per heavy atom. The smallest absolute Gasteiger partial charge is 0.311 e. The fourth-order valence-electron chi connectivity index (χ4n) is 4.91. The Morgan fingerprint density at radius 2 is 1.74 bits per heavy atom. The summed E-state index contributed by atoms with van der Waals surface area (Å²) in [5, 5.41) is 3.11. The lowest BCUT2D eigenvalue weighted by molar-refractivity contribution is -0.153. The third-order valence-electron chi connectivity index (χ3n) is 7.21. The summed E-state index contributed by atoms with van der Waals surface area (Å²) >= 11 is 0. The molecular weight excluding hydrogens is 490 g/mol. The van der Waals surface area contributed by atoms with E-state index >= 15 is 0 Å². The molecule has 0 radical (unpaired) electrons. The highest BCUT2D eigenvalue weighted by Gasteiger charge is 2.31. The van der Waals surface area contributed by atoms with Gasteiger partial charge in [-0.1, -0.05) is 30.3 Å². The standard InChI is InChI=1S/C32H41N3O4/c1-7-38-31(37)32(5,6)17-27-21(2)15-24(16-22(27)3)18-35(20-29(36)33-26-13-14-26)19-28-23(4)39-30(34-28)25-11-9-8-10-12-25/h8-12,15-16,26H,7,13-14,17-20H2,1-6H3,(H,33,36). The van der Waals surface area contributed by atoms with Gasteiger partial charge in [-0.15, -0.1) is 0 Å². The molecule has 0 aliphatic heterocycles. The van der Waals surface area contributed by atoms with Gasteiger partial charge in [0.15, 0.2) is 0 Å². The third kappa shape index (κ3) is 7.57. The van der Waals surface area contributed by atoms with Crippen molar-refractivity contribution in [3.63, 3.8) is 0 Å². The first-order valence-corrected chi connectivity index (χ1v) is 13.9. The quantitative estimate of drug-likeness (QED) is 0.303. The van der Waals surface area contributed by atoms with Crippen molar-refractivity contribution in [2.75, 3.05) is 13.2 Å². The van der Waals surface area contributed by atoms with Crippen molar-refractivity contribution in [1.29, 1.82) is 0 Å². The normalized spacial score (nSPS) is 13.5. The highest BCUT2D eigenvalue weighted by atomic mass is 16.5. The van der Waals surface area contributed by atoms with Crippen LogP contribution in [0.1, 0.15) is 67.3 Å². The van der Waals surface area contributed by atoms with Crippen molar-refractivity contribution < 1.29 is 18.7 Å². The average molecular weight is 532 g/mol. The van der Waals surface area contributed by atoms with E-state index in [2.05, 4.69) is 36.2 Å². The lowest BCUT2D eigenvalue weighted by Crippen LogP contribution is -2.37. The van der Waals surface area contributed by atoms with E-state index in [1.807, 2.05) is 58.0 Å². The largest absolute Gasteiger partial charge is 0.466 e. The minimum absolute atomic E-state index is 0.0307. The van der Waals surface area contributed by atoms with Gasteiger partial charge in [0.1, 0.15) is 5.76 Å². The third-order valence-corrected chi connectivity index (χ3v) is 7.21. The van der Waals surface area contributed by atoms with Crippen molar-refractivity contribution >= 4 is 11.9 Å². The minimum Gasteiger partial charge on any atom is -0.466 e. The zero-order valence-corrected chi connectivity index (χ0v) is 24.1. The SMILES string of the molecule is CCOC(=O)C(C)(C)Cc1c(C)cc(CN(CC(=O)NC2CC2)Cc2nc(-c3ccccc3)oc2C)cc1C. The molecule has 1 amide bonds. The fraction of sp³-hybridized carbons (Fsp3) is 0.469. The molecule has 1 N–H and O–H groups in total. The maximum atomic E-state index is 12.8. The first kappa shape index (κ1) is 28.6. The molecule has 0 spiro atoms. The predicted octanol–water partition coefficient (Wildman–Crippen LogP) is 5.68. The average Bonchev–Trinajstić information content (AvgIpc) is 3.62. The molecule has 4 rings (SSSR count).